The Bertz CT molecular complexity index is 509. The molecule has 6 heteroatoms. The first-order valence-electron chi connectivity index (χ1n) is 5.46. The van der Waals surface area contributed by atoms with Gasteiger partial charge in [0.2, 0.25) is 0 Å². The number of hydrogen-bond acceptors (Lipinski definition) is 4. The summed E-state index contributed by atoms with van der Waals surface area (Å²) in [4.78, 5) is 1.02. The predicted octanol–water partition coefficient (Wildman–Crippen LogP) is 2.38. The number of rotatable bonds is 3. The van der Waals surface area contributed by atoms with Crippen LogP contribution in [0.15, 0.2) is 15.9 Å². The lowest BCUT2D eigenvalue weighted by Crippen LogP contribution is -2.43. The highest BCUT2D eigenvalue weighted by Crippen LogP contribution is 2.39. The first-order valence-corrected chi connectivity index (χ1v) is 9.09. The van der Waals surface area contributed by atoms with E-state index < -0.39 is 20.7 Å². The molecule has 1 saturated carbocycles. The molecule has 0 saturated heterocycles. The number of hydrogen-bond donors (Lipinski definition) is 1. The second kappa shape index (κ2) is 4.64. The molecule has 0 aliphatic heterocycles. The first-order chi connectivity index (χ1) is 7.83. The maximum Gasteiger partial charge on any atom is 0.153 e. The zero-order valence-electron chi connectivity index (χ0n) is 9.52. The van der Waals surface area contributed by atoms with Gasteiger partial charge >= 0.3 is 0 Å². The molecule has 0 radical (unpaired) electrons. The van der Waals surface area contributed by atoms with Gasteiger partial charge in [0.05, 0.1) is 10.9 Å². The van der Waals surface area contributed by atoms with Crippen molar-refractivity contribution in [3.63, 3.8) is 0 Å². The molecule has 1 aromatic heterocycles. The highest BCUT2D eigenvalue weighted by atomic mass is 79.9. The van der Waals surface area contributed by atoms with Crippen LogP contribution in [-0.4, -0.2) is 30.6 Å². The fourth-order valence-electron chi connectivity index (χ4n) is 2.57. The van der Waals surface area contributed by atoms with Crippen LogP contribution in [-0.2, 0) is 16.3 Å². The van der Waals surface area contributed by atoms with Crippen molar-refractivity contribution in [3.05, 3.63) is 20.8 Å². The summed E-state index contributed by atoms with van der Waals surface area (Å²) in [5, 5.41) is 11.9. The molecule has 1 aromatic rings. The van der Waals surface area contributed by atoms with E-state index >= 15 is 0 Å². The Hall–Kier alpha value is 0.0900. The molecule has 2 unspecified atom stereocenters. The lowest BCUT2D eigenvalue weighted by Gasteiger charge is -2.28. The van der Waals surface area contributed by atoms with Crippen molar-refractivity contribution in [2.75, 3.05) is 6.26 Å². The summed E-state index contributed by atoms with van der Waals surface area (Å²) in [6.07, 6.45) is 3.55. The predicted molar refractivity (Wildman–Crippen MR) is 73.2 cm³/mol. The van der Waals surface area contributed by atoms with E-state index in [4.69, 9.17) is 0 Å². The second-order valence-electron chi connectivity index (χ2n) is 4.68. The molecule has 2 atom stereocenters. The third-order valence-corrected chi connectivity index (χ3v) is 6.98. The Labute approximate surface area is 114 Å². The lowest BCUT2D eigenvalue weighted by molar-refractivity contribution is 0.0519. The maximum absolute atomic E-state index is 11.7. The summed E-state index contributed by atoms with van der Waals surface area (Å²) in [7, 11) is -3.19. The number of thiophene rings is 1. The number of aliphatic hydroxyl groups is 1. The molecule has 0 bridgehead atoms. The van der Waals surface area contributed by atoms with Gasteiger partial charge in [-0.3, -0.25) is 0 Å². The van der Waals surface area contributed by atoms with E-state index in [-0.39, 0.29) is 0 Å². The Morgan fingerprint density at radius 3 is 2.88 bits per heavy atom. The highest BCUT2D eigenvalue weighted by Gasteiger charge is 2.47. The molecule has 3 nitrogen and oxygen atoms in total. The lowest BCUT2D eigenvalue weighted by atomic mass is 9.97. The van der Waals surface area contributed by atoms with Crippen LogP contribution in [0.25, 0.3) is 0 Å². The Morgan fingerprint density at radius 1 is 1.65 bits per heavy atom. The zero-order valence-corrected chi connectivity index (χ0v) is 12.7. The maximum atomic E-state index is 11.7. The molecular formula is C11H15BrO3S2. The van der Waals surface area contributed by atoms with Gasteiger partial charge in [0.25, 0.3) is 0 Å². The quantitative estimate of drug-likeness (QED) is 0.920. The van der Waals surface area contributed by atoms with Crippen molar-refractivity contribution in [2.45, 2.75) is 36.5 Å². The molecule has 1 aliphatic carbocycles. The zero-order chi connectivity index (χ0) is 12.7. The molecule has 1 N–H and O–H groups in total. The minimum atomic E-state index is -3.19. The van der Waals surface area contributed by atoms with Crippen molar-refractivity contribution in [1.82, 2.24) is 0 Å². The molecule has 1 fully saturated rings. The average molecular weight is 339 g/mol. The van der Waals surface area contributed by atoms with E-state index in [1.165, 1.54) is 6.26 Å². The number of halogens is 1. The van der Waals surface area contributed by atoms with Gasteiger partial charge in [-0.05, 0) is 46.6 Å². The average Bonchev–Trinajstić information content (AvgIpc) is 2.74. The van der Waals surface area contributed by atoms with Gasteiger partial charge in [0, 0.05) is 22.0 Å². The molecule has 1 heterocycles. The third kappa shape index (κ3) is 2.75. The minimum absolute atomic E-state index is 0.420. The summed E-state index contributed by atoms with van der Waals surface area (Å²) in [6, 6.07) is 1.92. The second-order valence-corrected chi connectivity index (χ2v) is 8.77. The van der Waals surface area contributed by atoms with Crippen molar-refractivity contribution < 1.29 is 13.5 Å². The highest BCUT2D eigenvalue weighted by molar-refractivity contribution is 9.10. The summed E-state index contributed by atoms with van der Waals surface area (Å²) in [6.45, 7) is 0. The van der Waals surface area contributed by atoms with Crippen molar-refractivity contribution >= 4 is 37.1 Å². The molecule has 0 spiro atoms. The van der Waals surface area contributed by atoms with Gasteiger partial charge in [0.1, 0.15) is 0 Å². The van der Waals surface area contributed by atoms with Crippen LogP contribution in [0.5, 0.6) is 0 Å². The minimum Gasteiger partial charge on any atom is -0.388 e. The van der Waals surface area contributed by atoms with E-state index in [0.717, 1.165) is 15.8 Å². The SMILES string of the molecule is CS(=O)(=O)C1CCCC1(O)Cc1sccc1Br. The molecule has 0 aromatic carbocycles. The number of sulfone groups is 1. The molecule has 0 amide bonds. The van der Waals surface area contributed by atoms with Crippen molar-refractivity contribution in [3.8, 4) is 0 Å². The standard InChI is InChI=1S/C11H15BrO3S2/c1-17(14,15)10-3-2-5-11(10,13)7-9-8(12)4-6-16-9/h4,6,10,13H,2-3,5,7H2,1H3. The van der Waals surface area contributed by atoms with E-state index in [0.29, 0.717) is 19.3 Å². The van der Waals surface area contributed by atoms with Crippen LogP contribution < -0.4 is 0 Å². The molecular weight excluding hydrogens is 324 g/mol. The van der Waals surface area contributed by atoms with Gasteiger partial charge in [-0.25, -0.2) is 8.42 Å². The monoisotopic (exact) mass is 338 g/mol. The van der Waals surface area contributed by atoms with Gasteiger partial charge < -0.3 is 5.11 Å². The molecule has 17 heavy (non-hydrogen) atoms. The van der Waals surface area contributed by atoms with Crippen LogP contribution in [0.3, 0.4) is 0 Å². The van der Waals surface area contributed by atoms with Crippen LogP contribution in [0.2, 0.25) is 0 Å². The van der Waals surface area contributed by atoms with E-state index in [2.05, 4.69) is 15.9 Å². The topological polar surface area (TPSA) is 54.4 Å². The van der Waals surface area contributed by atoms with Crippen LogP contribution >= 0.6 is 27.3 Å². The summed E-state index contributed by atoms with van der Waals surface area (Å²) >= 11 is 4.96. The van der Waals surface area contributed by atoms with Gasteiger partial charge in [-0.15, -0.1) is 11.3 Å². The summed E-state index contributed by atoms with van der Waals surface area (Å²) < 4.78 is 24.3. The summed E-state index contributed by atoms with van der Waals surface area (Å²) in [5.41, 5.74) is -1.10. The van der Waals surface area contributed by atoms with Crippen molar-refractivity contribution in [2.24, 2.45) is 0 Å². The smallest absolute Gasteiger partial charge is 0.153 e. The van der Waals surface area contributed by atoms with E-state index in [1.54, 1.807) is 11.3 Å². The Balaban J connectivity index is 2.27. The fourth-order valence-corrected chi connectivity index (χ4v) is 5.77. The van der Waals surface area contributed by atoms with Gasteiger partial charge in [-0.2, -0.15) is 0 Å². The van der Waals surface area contributed by atoms with Crippen LogP contribution in [0.1, 0.15) is 24.1 Å². The molecule has 96 valence electrons. The normalized spacial score (nSPS) is 29.7. The van der Waals surface area contributed by atoms with E-state index in [9.17, 15) is 13.5 Å². The first kappa shape index (κ1) is 13.5. The molecule has 2 rings (SSSR count). The van der Waals surface area contributed by atoms with Crippen LogP contribution in [0, 0.1) is 0 Å². The van der Waals surface area contributed by atoms with E-state index in [1.807, 2.05) is 11.4 Å². The largest absolute Gasteiger partial charge is 0.388 e. The fraction of sp³-hybridized carbons (Fsp3) is 0.636. The molecule has 1 aliphatic rings. The van der Waals surface area contributed by atoms with Crippen molar-refractivity contribution in [1.29, 1.82) is 0 Å². The Kier molecular flexibility index (Phi) is 3.69. The van der Waals surface area contributed by atoms with Crippen LogP contribution in [0.4, 0.5) is 0 Å². The third-order valence-electron chi connectivity index (χ3n) is 3.35. The summed E-state index contributed by atoms with van der Waals surface area (Å²) in [5.74, 6) is 0. The Morgan fingerprint density at radius 2 is 2.35 bits per heavy atom. The van der Waals surface area contributed by atoms with Gasteiger partial charge in [0.15, 0.2) is 9.84 Å². The van der Waals surface area contributed by atoms with Gasteiger partial charge in [-0.1, -0.05) is 0 Å².